The number of amides is 4. The van der Waals surface area contributed by atoms with Crippen LogP contribution in [0.25, 0.3) is 0 Å². The molecular weight excluding hydrogens is 296 g/mol. The van der Waals surface area contributed by atoms with Gasteiger partial charge in [-0.1, -0.05) is 0 Å². The lowest BCUT2D eigenvalue weighted by Gasteiger charge is -2.08. The van der Waals surface area contributed by atoms with Crippen LogP contribution in [-0.4, -0.2) is 64.4 Å². The van der Waals surface area contributed by atoms with Gasteiger partial charge < -0.3 is 30.7 Å². The maximum Gasteiger partial charge on any atom is 0.325 e. The van der Waals surface area contributed by atoms with Crippen LogP contribution in [0.2, 0.25) is 0 Å². The zero-order valence-corrected chi connectivity index (χ0v) is 12.7. The van der Waals surface area contributed by atoms with Gasteiger partial charge in [0.2, 0.25) is 0 Å². The van der Waals surface area contributed by atoms with Crippen LogP contribution in [0.3, 0.4) is 0 Å². The summed E-state index contributed by atoms with van der Waals surface area (Å²) < 4.78 is 8.73. The number of carbonyl (C=O) groups excluding carboxylic acids is 4. The summed E-state index contributed by atoms with van der Waals surface area (Å²) in [6, 6.07) is -0.927. The van der Waals surface area contributed by atoms with Crippen LogP contribution >= 0.6 is 0 Å². The molecule has 10 heteroatoms. The molecule has 0 aliphatic heterocycles. The van der Waals surface area contributed by atoms with E-state index in [1.807, 2.05) is 0 Å². The third kappa shape index (κ3) is 11.3. The highest BCUT2D eigenvalue weighted by molar-refractivity contribution is 5.81. The van der Waals surface area contributed by atoms with Crippen LogP contribution in [0, 0.1) is 0 Å². The number of methoxy groups -OCH3 is 2. The average Bonchev–Trinajstić information content (AvgIpc) is 2.53. The molecule has 0 aromatic rings. The van der Waals surface area contributed by atoms with Crippen molar-refractivity contribution in [2.24, 2.45) is 0 Å². The molecule has 0 heterocycles. The Balaban J connectivity index is 3.46. The Morgan fingerprint density at radius 2 is 1.05 bits per heavy atom. The standard InChI is InChI=1S/C12H22N4O6/c1-21-9(17)7-15-11(19)13-5-3-4-6-14-12(20)16-8-10(18)22-2/h3-8H2,1-2H3,(H2,13,15,19)(H2,14,16,20). The van der Waals surface area contributed by atoms with Gasteiger partial charge in [0.15, 0.2) is 0 Å². The highest BCUT2D eigenvalue weighted by Crippen LogP contribution is 1.85. The molecule has 22 heavy (non-hydrogen) atoms. The van der Waals surface area contributed by atoms with Gasteiger partial charge in [-0.2, -0.15) is 0 Å². The molecule has 0 rings (SSSR count). The van der Waals surface area contributed by atoms with E-state index in [0.29, 0.717) is 25.9 Å². The SMILES string of the molecule is COC(=O)CNC(=O)NCCCCNC(=O)NCC(=O)OC. The summed E-state index contributed by atoms with van der Waals surface area (Å²) >= 11 is 0. The molecule has 10 nitrogen and oxygen atoms in total. The molecule has 0 bridgehead atoms. The second-order valence-electron chi connectivity index (χ2n) is 4.08. The summed E-state index contributed by atoms with van der Waals surface area (Å²) in [5.74, 6) is -1.06. The number of hydrogen-bond acceptors (Lipinski definition) is 6. The molecule has 0 unspecified atom stereocenters. The number of nitrogens with one attached hydrogen (secondary N) is 4. The Labute approximate surface area is 128 Å². The number of carbonyl (C=O) groups is 4. The summed E-state index contributed by atoms with van der Waals surface area (Å²) in [5, 5.41) is 9.76. The fourth-order valence-corrected chi connectivity index (χ4v) is 1.23. The second-order valence-corrected chi connectivity index (χ2v) is 4.08. The van der Waals surface area contributed by atoms with E-state index in [1.165, 1.54) is 14.2 Å². The maximum atomic E-state index is 11.2. The smallest absolute Gasteiger partial charge is 0.325 e. The van der Waals surface area contributed by atoms with E-state index in [4.69, 9.17) is 0 Å². The normalized spacial score (nSPS) is 9.36. The first-order valence-corrected chi connectivity index (χ1v) is 6.66. The Kier molecular flexibility index (Phi) is 10.8. The molecule has 0 saturated heterocycles. The number of esters is 2. The van der Waals surface area contributed by atoms with Gasteiger partial charge in [0, 0.05) is 13.1 Å². The van der Waals surface area contributed by atoms with Gasteiger partial charge in [-0.3, -0.25) is 9.59 Å². The van der Waals surface area contributed by atoms with E-state index in [2.05, 4.69) is 30.7 Å². The maximum absolute atomic E-state index is 11.2. The van der Waals surface area contributed by atoms with Crippen molar-refractivity contribution in [3.05, 3.63) is 0 Å². The Morgan fingerprint density at radius 1 is 0.682 bits per heavy atom. The molecule has 126 valence electrons. The summed E-state index contributed by atoms with van der Waals surface area (Å²) in [6.45, 7) is 0.422. The molecular formula is C12H22N4O6. The number of unbranched alkanes of at least 4 members (excludes halogenated alkanes) is 1. The molecule has 0 radical (unpaired) electrons. The molecule has 0 spiro atoms. The zero-order chi connectivity index (χ0) is 16.8. The predicted octanol–water partition coefficient (Wildman–Crippen LogP) is -1.29. The molecule has 0 fully saturated rings. The first kappa shape index (κ1) is 19.5. The molecule has 0 aromatic carbocycles. The fraction of sp³-hybridized carbons (Fsp3) is 0.667. The molecule has 0 saturated carbocycles. The van der Waals surface area contributed by atoms with E-state index >= 15 is 0 Å². The van der Waals surface area contributed by atoms with Crippen molar-refractivity contribution < 1.29 is 28.7 Å². The highest BCUT2D eigenvalue weighted by Gasteiger charge is 2.05. The number of urea groups is 2. The van der Waals surface area contributed by atoms with E-state index in [0.717, 1.165) is 0 Å². The average molecular weight is 318 g/mol. The second kappa shape index (κ2) is 12.2. The number of hydrogen-bond donors (Lipinski definition) is 4. The lowest BCUT2D eigenvalue weighted by atomic mass is 10.3. The van der Waals surface area contributed by atoms with Crippen molar-refractivity contribution in [3.8, 4) is 0 Å². The molecule has 0 aliphatic carbocycles. The van der Waals surface area contributed by atoms with Gasteiger partial charge in [0.1, 0.15) is 13.1 Å². The first-order chi connectivity index (χ1) is 10.5. The molecule has 0 aliphatic rings. The minimum Gasteiger partial charge on any atom is -0.468 e. The fourth-order valence-electron chi connectivity index (χ4n) is 1.23. The summed E-state index contributed by atoms with van der Waals surface area (Å²) in [4.78, 5) is 44.0. The zero-order valence-electron chi connectivity index (χ0n) is 12.7. The summed E-state index contributed by atoms with van der Waals surface area (Å²) in [6.07, 6.45) is 1.28. The van der Waals surface area contributed by atoms with Crippen molar-refractivity contribution in [1.29, 1.82) is 0 Å². The van der Waals surface area contributed by atoms with Crippen molar-refractivity contribution in [2.45, 2.75) is 12.8 Å². The van der Waals surface area contributed by atoms with Gasteiger partial charge >= 0.3 is 24.0 Å². The summed E-state index contributed by atoms with van der Waals surface area (Å²) in [5.41, 5.74) is 0. The lowest BCUT2D eigenvalue weighted by molar-refractivity contribution is -0.140. The molecule has 4 amide bonds. The summed E-state index contributed by atoms with van der Waals surface area (Å²) in [7, 11) is 2.46. The van der Waals surface area contributed by atoms with Crippen LogP contribution in [0.1, 0.15) is 12.8 Å². The van der Waals surface area contributed by atoms with Crippen molar-refractivity contribution in [2.75, 3.05) is 40.4 Å². The third-order valence-corrected chi connectivity index (χ3v) is 2.42. The monoisotopic (exact) mass is 318 g/mol. The number of ether oxygens (including phenoxy) is 2. The van der Waals surface area contributed by atoms with Gasteiger partial charge in [-0.05, 0) is 12.8 Å². The predicted molar refractivity (Wildman–Crippen MR) is 76.1 cm³/mol. The van der Waals surface area contributed by atoms with Gasteiger partial charge in [0.25, 0.3) is 0 Å². The molecule has 4 N–H and O–H groups in total. The van der Waals surface area contributed by atoms with Gasteiger partial charge in [-0.15, -0.1) is 0 Å². The highest BCUT2D eigenvalue weighted by atomic mass is 16.5. The van der Waals surface area contributed by atoms with Crippen molar-refractivity contribution in [3.63, 3.8) is 0 Å². The van der Waals surface area contributed by atoms with Gasteiger partial charge in [-0.25, -0.2) is 9.59 Å². The third-order valence-electron chi connectivity index (χ3n) is 2.42. The minimum atomic E-state index is -0.530. The Hall–Kier alpha value is -2.52. The van der Waals surface area contributed by atoms with Crippen LogP contribution in [0.15, 0.2) is 0 Å². The van der Waals surface area contributed by atoms with Crippen LogP contribution < -0.4 is 21.3 Å². The Bertz CT molecular complexity index is 352. The topological polar surface area (TPSA) is 135 Å². The van der Waals surface area contributed by atoms with Gasteiger partial charge in [0.05, 0.1) is 14.2 Å². The number of rotatable bonds is 9. The molecule has 0 atom stereocenters. The van der Waals surface area contributed by atoms with E-state index in [-0.39, 0.29) is 13.1 Å². The minimum absolute atomic E-state index is 0.190. The van der Waals surface area contributed by atoms with Crippen LogP contribution in [0.4, 0.5) is 9.59 Å². The van der Waals surface area contributed by atoms with Crippen molar-refractivity contribution >= 4 is 24.0 Å². The van der Waals surface area contributed by atoms with Crippen LogP contribution in [0.5, 0.6) is 0 Å². The largest absolute Gasteiger partial charge is 0.468 e. The lowest BCUT2D eigenvalue weighted by Crippen LogP contribution is -2.40. The van der Waals surface area contributed by atoms with E-state index < -0.39 is 24.0 Å². The van der Waals surface area contributed by atoms with E-state index in [9.17, 15) is 19.2 Å². The first-order valence-electron chi connectivity index (χ1n) is 6.66. The quantitative estimate of drug-likeness (QED) is 0.309. The van der Waals surface area contributed by atoms with Crippen molar-refractivity contribution in [1.82, 2.24) is 21.3 Å². The van der Waals surface area contributed by atoms with Crippen LogP contribution in [-0.2, 0) is 19.1 Å². The Morgan fingerprint density at radius 3 is 1.36 bits per heavy atom. The van der Waals surface area contributed by atoms with E-state index in [1.54, 1.807) is 0 Å². The molecule has 0 aromatic heterocycles.